The number of ether oxygens (including phenoxy) is 3. The third-order valence-electron chi connectivity index (χ3n) is 2.54. The summed E-state index contributed by atoms with van der Waals surface area (Å²) >= 11 is 6.81. The number of carbonyl (C=O) groups is 2. The molecule has 5 nitrogen and oxygen atoms in total. The van der Waals surface area contributed by atoms with E-state index in [-0.39, 0.29) is 10.8 Å². The minimum absolute atomic E-state index is 0.106. The van der Waals surface area contributed by atoms with Crippen LogP contribution in [0.1, 0.15) is 25.5 Å². The van der Waals surface area contributed by atoms with Crippen molar-refractivity contribution in [2.45, 2.75) is 24.8 Å². The molecule has 0 fully saturated rings. The van der Waals surface area contributed by atoms with E-state index in [1.807, 2.05) is 0 Å². The van der Waals surface area contributed by atoms with E-state index in [0.717, 1.165) is 5.56 Å². The molecule has 2 unspecified atom stereocenters. The molecule has 7 heteroatoms. The van der Waals surface area contributed by atoms with E-state index < -0.39 is 12.1 Å². The molecule has 0 radical (unpaired) electrons. The maximum absolute atomic E-state index is 11.3. The highest BCUT2D eigenvalue weighted by atomic mass is 79.9. The standard InChI is InChI=1S/C14H16Br2O5/c1-8(17)20-12-5-4-10(6-13(12)19-3)14(11(16)7-15)21-9(2)18/h4-6,11,14H,7H2,1-3H3. The molecule has 0 heterocycles. The van der Waals surface area contributed by atoms with Gasteiger partial charge in [-0.25, -0.2) is 0 Å². The predicted molar refractivity (Wildman–Crippen MR) is 85.3 cm³/mol. The lowest BCUT2D eigenvalue weighted by molar-refractivity contribution is -0.146. The summed E-state index contributed by atoms with van der Waals surface area (Å²) in [7, 11) is 1.48. The molecule has 0 aliphatic rings. The number of rotatable bonds is 6. The van der Waals surface area contributed by atoms with Gasteiger partial charge in [0, 0.05) is 19.2 Å². The molecule has 1 aromatic rings. The van der Waals surface area contributed by atoms with Gasteiger partial charge in [0.25, 0.3) is 0 Å². The van der Waals surface area contributed by atoms with Crippen LogP contribution in [0.25, 0.3) is 0 Å². The van der Waals surface area contributed by atoms with Gasteiger partial charge in [-0.2, -0.15) is 0 Å². The van der Waals surface area contributed by atoms with Gasteiger partial charge >= 0.3 is 11.9 Å². The lowest BCUT2D eigenvalue weighted by Gasteiger charge is -2.22. The molecular weight excluding hydrogens is 408 g/mol. The number of benzene rings is 1. The smallest absolute Gasteiger partial charge is 0.308 e. The van der Waals surface area contributed by atoms with Crippen molar-refractivity contribution in [1.82, 2.24) is 0 Å². The topological polar surface area (TPSA) is 61.8 Å². The molecule has 0 amide bonds. The number of esters is 2. The highest BCUT2D eigenvalue weighted by molar-refractivity contribution is 9.12. The molecule has 0 aliphatic heterocycles. The van der Waals surface area contributed by atoms with Gasteiger partial charge in [0.1, 0.15) is 6.10 Å². The van der Waals surface area contributed by atoms with Crippen LogP contribution in [0.4, 0.5) is 0 Å². The fourth-order valence-electron chi connectivity index (χ4n) is 1.71. The lowest BCUT2D eigenvalue weighted by Crippen LogP contribution is -2.19. The van der Waals surface area contributed by atoms with E-state index in [2.05, 4.69) is 31.9 Å². The largest absolute Gasteiger partial charge is 0.493 e. The first-order chi connectivity index (χ1) is 9.88. The van der Waals surface area contributed by atoms with E-state index >= 15 is 0 Å². The van der Waals surface area contributed by atoms with Gasteiger partial charge < -0.3 is 14.2 Å². The van der Waals surface area contributed by atoms with Gasteiger partial charge in [-0.3, -0.25) is 9.59 Å². The van der Waals surface area contributed by atoms with Gasteiger partial charge in [-0.15, -0.1) is 0 Å². The zero-order valence-corrected chi connectivity index (χ0v) is 15.1. The normalized spacial score (nSPS) is 13.2. The minimum Gasteiger partial charge on any atom is -0.493 e. The van der Waals surface area contributed by atoms with E-state index in [9.17, 15) is 9.59 Å². The summed E-state index contributed by atoms with van der Waals surface area (Å²) < 4.78 is 15.6. The Balaban J connectivity index is 3.14. The van der Waals surface area contributed by atoms with Gasteiger partial charge in [-0.05, 0) is 17.7 Å². The molecule has 0 aliphatic carbocycles. The second kappa shape index (κ2) is 8.38. The Morgan fingerprint density at radius 3 is 2.33 bits per heavy atom. The highest BCUT2D eigenvalue weighted by Crippen LogP contribution is 2.35. The molecule has 0 bridgehead atoms. The van der Waals surface area contributed by atoms with Crippen LogP contribution in [0.5, 0.6) is 11.5 Å². The fraction of sp³-hybridized carbons (Fsp3) is 0.429. The number of hydrogen-bond acceptors (Lipinski definition) is 5. The molecule has 0 aromatic heterocycles. The fourth-order valence-corrected chi connectivity index (χ4v) is 2.46. The second-order valence-electron chi connectivity index (χ2n) is 4.20. The first-order valence-corrected chi connectivity index (χ1v) is 8.16. The van der Waals surface area contributed by atoms with Crippen LogP contribution in [-0.2, 0) is 14.3 Å². The Morgan fingerprint density at radius 1 is 1.19 bits per heavy atom. The maximum atomic E-state index is 11.3. The minimum atomic E-state index is -0.484. The summed E-state index contributed by atoms with van der Waals surface area (Å²) in [6.07, 6.45) is -0.484. The Bertz CT molecular complexity index is 518. The van der Waals surface area contributed by atoms with E-state index in [1.165, 1.54) is 21.0 Å². The molecule has 0 spiro atoms. The predicted octanol–water partition coefficient (Wildman–Crippen LogP) is 3.38. The van der Waals surface area contributed by atoms with Crippen molar-refractivity contribution in [1.29, 1.82) is 0 Å². The monoisotopic (exact) mass is 422 g/mol. The summed E-state index contributed by atoms with van der Waals surface area (Å²) in [5, 5.41) is 0.596. The lowest BCUT2D eigenvalue weighted by atomic mass is 10.1. The van der Waals surface area contributed by atoms with Crippen LogP contribution in [-0.4, -0.2) is 29.2 Å². The van der Waals surface area contributed by atoms with Crippen molar-refractivity contribution in [3.8, 4) is 11.5 Å². The van der Waals surface area contributed by atoms with E-state index in [4.69, 9.17) is 14.2 Å². The van der Waals surface area contributed by atoms with Gasteiger partial charge in [0.05, 0.1) is 11.9 Å². The maximum Gasteiger partial charge on any atom is 0.308 e. The molecule has 2 atom stereocenters. The molecule has 0 saturated carbocycles. The van der Waals surface area contributed by atoms with Crippen LogP contribution < -0.4 is 9.47 Å². The van der Waals surface area contributed by atoms with Crippen molar-refractivity contribution in [2.24, 2.45) is 0 Å². The zero-order valence-electron chi connectivity index (χ0n) is 11.9. The van der Waals surface area contributed by atoms with Crippen LogP contribution in [0.15, 0.2) is 18.2 Å². The zero-order chi connectivity index (χ0) is 16.0. The van der Waals surface area contributed by atoms with Gasteiger partial charge in [0.15, 0.2) is 11.5 Å². The average molecular weight is 424 g/mol. The van der Waals surface area contributed by atoms with Crippen molar-refractivity contribution >= 4 is 43.8 Å². The summed E-state index contributed by atoms with van der Waals surface area (Å²) in [5.74, 6) is -0.0979. The first kappa shape index (κ1) is 18.0. The van der Waals surface area contributed by atoms with Crippen molar-refractivity contribution < 1.29 is 23.8 Å². The van der Waals surface area contributed by atoms with Gasteiger partial charge in [0.2, 0.25) is 0 Å². The number of carbonyl (C=O) groups excluding carboxylic acids is 2. The summed E-state index contributed by atoms with van der Waals surface area (Å²) in [5.41, 5.74) is 0.735. The van der Waals surface area contributed by atoms with Crippen molar-refractivity contribution in [3.05, 3.63) is 23.8 Å². The van der Waals surface area contributed by atoms with Crippen LogP contribution in [0.3, 0.4) is 0 Å². The average Bonchev–Trinajstić information content (AvgIpc) is 2.43. The number of halogens is 2. The Kier molecular flexibility index (Phi) is 7.17. The van der Waals surface area contributed by atoms with Crippen molar-refractivity contribution in [2.75, 3.05) is 12.4 Å². The molecule has 0 N–H and O–H groups in total. The van der Waals surface area contributed by atoms with Gasteiger partial charge in [-0.1, -0.05) is 37.9 Å². The third-order valence-corrected chi connectivity index (χ3v) is 4.91. The number of methoxy groups -OCH3 is 1. The van der Waals surface area contributed by atoms with Crippen LogP contribution >= 0.6 is 31.9 Å². The van der Waals surface area contributed by atoms with Crippen LogP contribution in [0, 0.1) is 0 Å². The van der Waals surface area contributed by atoms with E-state index in [1.54, 1.807) is 18.2 Å². The third kappa shape index (κ3) is 5.32. The summed E-state index contributed by atoms with van der Waals surface area (Å²) in [6.45, 7) is 2.67. The SMILES string of the molecule is COc1cc(C(OC(C)=O)C(Br)CBr)ccc1OC(C)=O. The molecule has 1 aromatic carbocycles. The van der Waals surface area contributed by atoms with Crippen LogP contribution in [0.2, 0.25) is 0 Å². The molecule has 1 rings (SSSR count). The molecule has 116 valence electrons. The summed E-state index contributed by atoms with van der Waals surface area (Å²) in [4.78, 5) is 22.2. The Hall–Kier alpha value is -1.08. The number of hydrogen-bond donors (Lipinski definition) is 0. The highest BCUT2D eigenvalue weighted by Gasteiger charge is 2.24. The Labute approximate surface area is 140 Å². The Morgan fingerprint density at radius 2 is 1.86 bits per heavy atom. The summed E-state index contributed by atoms with van der Waals surface area (Å²) in [6, 6.07) is 5.02. The quantitative estimate of drug-likeness (QED) is 0.398. The molecular formula is C14H16Br2O5. The molecule has 0 saturated heterocycles. The molecule has 21 heavy (non-hydrogen) atoms. The number of alkyl halides is 2. The van der Waals surface area contributed by atoms with Crippen molar-refractivity contribution in [3.63, 3.8) is 0 Å². The van der Waals surface area contributed by atoms with E-state index in [0.29, 0.717) is 16.8 Å². The second-order valence-corrected chi connectivity index (χ2v) is 6.03. The first-order valence-electron chi connectivity index (χ1n) is 6.12.